The summed E-state index contributed by atoms with van der Waals surface area (Å²) >= 11 is 0. The summed E-state index contributed by atoms with van der Waals surface area (Å²) in [7, 11) is 0. The molecule has 0 bridgehead atoms. The number of ether oxygens (including phenoxy) is 1. The zero-order valence-corrected chi connectivity index (χ0v) is 17.8. The molecule has 0 radical (unpaired) electrons. The Bertz CT molecular complexity index is 968. The van der Waals surface area contributed by atoms with Gasteiger partial charge in [-0.2, -0.15) is 0 Å². The van der Waals surface area contributed by atoms with Crippen LogP contribution in [0.1, 0.15) is 55.8 Å². The predicted molar refractivity (Wildman–Crippen MR) is 122 cm³/mol. The van der Waals surface area contributed by atoms with Gasteiger partial charge in [-0.3, -0.25) is 4.90 Å². The Hall–Kier alpha value is -2.52. The highest BCUT2D eigenvalue weighted by Crippen LogP contribution is 2.34. The van der Waals surface area contributed by atoms with E-state index in [1.54, 1.807) is 0 Å². The molecular formula is C26H32N2O. The summed E-state index contributed by atoms with van der Waals surface area (Å²) in [6, 6.07) is 15.9. The smallest absolute Gasteiger partial charge is 0.120 e. The first-order valence-corrected chi connectivity index (χ1v) is 10.9. The molecule has 0 spiro atoms. The maximum atomic E-state index is 5.74. The van der Waals surface area contributed by atoms with Crippen molar-refractivity contribution >= 4 is 10.9 Å². The lowest BCUT2D eigenvalue weighted by molar-refractivity contribution is 0.214. The molecule has 1 unspecified atom stereocenters. The lowest BCUT2D eigenvalue weighted by Crippen LogP contribution is -2.32. The second-order valence-corrected chi connectivity index (χ2v) is 8.25. The van der Waals surface area contributed by atoms with E-state index in [0.717, 1.165) is 31.7 Å². The molecular weight excluding hydrogens is 356 g/mol. The van der Waals surface area contributed by atoms with E-state index in [-0.39, 0.29) is 0 Å². The van der Waals surface area contributed by atoms with Crippen LogP contribution in [0.15, 0.2) is 60.8 Å². The molecule has 152 valence electrons. The number of H-pyrrole nitrogens is 1. The topological polar surface area (TPSA) is 28.3 Å². The van der Waals surface area contributed by atoms with Crippen LogP contribution in [0, 0.1) is 0 Å². The van der Waals surface area contributed by atoms with Gasteiger partial charge in [0.25, 0.3) is 0 Å². The number of aromatic nitrogens is 1. The monoisotopic (exact) mass is 388 g/mol. The molecule has 1 atom stereocenters. The summed E-state index contributed by atoms with van der Waals surface area (Å²) in [5.74, 6) is 1.54. The molecule has 0 aliphatic carbocycles. The Morgan fingerprint density at radius 1 is 1.10 bits per heavy atom. The number of nitrogens with one attached hydrogen (secondary N) is 1. The molecule has 0 saturated carbocycles. The quantitative estimate of drug-likeness (QED) is 0.486. The van der Waals surface area contributed by atoms with Gasteiger partial charge in [0.2, 0.25) is 0 Å². The number of nitrogens with zero attached hydrogens (tertiary/aromatic N) is 1. The van der Waals surface area contributed by atoms with Gasteiger partial charge in [0.05, 0.1) is 6.61 Å². The van der Waals surface area contributed by atoms with Crippen LogP contribution in [0.5, 0.6) is 5.75 Å². The van der Waals surface area contributed by atoms with E-state index in [1.165, 1.54) is 27.6 Å². The molecule has 1 N–H and O–H groups in total. The molecule has 4 rings (SSSR count). The van der Waals surface area contributed by atoms with Crippen LogP contribution in [0.4, 0.5) is 0 Å². The van der Waals surface area contributed by atoms with Crippen LogP contribution in [0.25, 0.3) is 10.9 Å². The summed E-state index contributed by atoms with van der Waals surface area (Å²) in [4.78, 5) is 6.06. The second-order valence-electron chi connectivity index (χ2n) is 8.25. The number of aromatic amines is 1. The van der Waals surface area contributed by atoms with Gasteiger partial charge in [-0.15, -0.1) is 0 Å². The summed E-state index contributed by atoms with van der Waals surface area (Å²) in [5, 5.41) is 1.28. The van der Waals surface area contributed by atoms with Crippen LogP contribution < -0.4 is 4.74 Å². The van der Waals surface area contributed by atoms with Crippen molar-refractivity contribution in [1.82, 2.24) is 9.88 Å². The number of rotatable bonds is 7. The molecule has 29 heavy (non-hydrogen) atoms. The lowest BCUT2D eigenvalue weighted by atomic mass is 9.97. The van der Waals surface area contributed by atoms with Crippen molar-refractivity contribution in [3.63, 3.8) is 0 Å². The highest BCUT2D eigenvalue weighted by atomic mass is 16.5. The third-order valence-corrected chi connectivity index (χ3v) is 6.00. The molecule has 1 aliphatic heterocycles. The van der Waals surface area contributed by atoms with Crippen LogP contribution in [0.2, 0.25) is 0 Å². The molecule has 1 aromatic heterocycles. The first-order chi connectivity index (χ1) is 14.2. The van der Waals surface area contributed by atoms with Gasteiger partial charge in [0, 0.05) is 36.2 Å². The Morgan fingerprint density at radius 2 is 1.93 bits per heavy atom. The largest absolute Gasteiger partial charge is 0.494 e. The molecule has 1 aliphatic rings. The van der Waals surface area contributed by atoms with Crippen LogP contribution >= 0.6 is 0 Å². The fourth-order valence-electron chi connectivity index (χ4n) is 4.28. The van der Waals surface area contributed by atoms with E-state index >= 15 is 0 Å². The first kappa shape index (κ1) is 19.8. The van der Waals surface area contributed by atoms with Gasteiger partial charge in [-0.1, -0.05) is 50.3 Å². The minimum atomic E-state index is 0.403. The van der Waals surface area contributed by atoms with E-state index < -0.39 is 0 Å². The number of benzene rings is 2. The molecule has 2 heterocycles. The van der Waals surface area contributed by atoms with Crippen molar-refractivity contribution in [2.75, 3.05) is 19.7 Å². The van der Waals surface area contributed by atoms with Crippen LogP contribution in [0.3, 0.4) is 0 Å². The fraction of sp³-hybridized carbons (Fsp3) is 0.385. The molecule has 3 nitrogen and oxygen atoms in total. The van der Waals surface area contributed by atoms with Gasteiger partial charge >= 0.3 is 0 Å². The zero-order chi connectivity index (χ0) is 20.2. The molecule has 3 aromatic rings. The van der Waals surface area contributed by atoms with Gasteiger partial charge in [-0.25, -0.2) is 0 Å². The van der Waals surface area contributed by atoms with E-state index in [2.05, 4.69) is 78.5 Å². The standard InChI is InChI=1S/C26H32N2O/c1-4-29-22-12-13-25-23(17-22)24(18-27-25)26-7-5-6-15-28(26)16-14-20-8-10-21(11-9-20)19(2)3/h5-6,8-13,17-19,26-27H,4,7,14-16H2,1-3H3. The van der Waals surface area contributed by atoms with E-state index in [4.69, 9.17) is 4.74 Å². The first-order valence-electron chi connectivity index (χ1n) is 10.9. The molecule has 2 aromatic carbocycles. The van der Waals surface area contributed by atoms with Crippen LogP contribution in [-0.2, 0) is 6.42 Å². The Kier molecular flexibility index (Phi) is 6.05. The average molecular weight is 389 g/mol. The third-order valence-electron chi connectivity index (χ3n) is 6.00. The molecule has 0 fully saturated rings. The summed E-state index contributed by atoms with van der Waals surface area (Å²) in [5.41, 5.74) is 5.39. The summed E-state index contributed by atoms with van der Waals surface area (Å²) in [6.45, 7) is 9.29. The molecule has 0 saturated heterocycles. The molecule has 0 amide bonds. The normalized spacial score (nSPS) is 17.3. The highest BCUT2D eigenvalue weighted by Gasteiger charge is 2.24. The predicted octanol–water partition coefficient (Wildman–Crippen LogP) is 6.24. The number of hydrogen-bond donors (Lipinski definition) is 1. The summed E-state index contributed by atoms with van der Waals surface area (Å²) < 4.78 is 5.74. The highest BCUT2D eigenvalue weighted by molar-refractivity contribution is 5.85. The molecule has 3 heteroatoms. The van der Waals surface area contributed by atoms with Crippen molar-refractivity contribution in [2.45, 2.75) is 45.6 Å². The van der Waals surface area contributed by atoms with E-state index in [9.17, 15) is 0 Å². The minimum Gasteiger partial charge on any atom is -0.494 e. The van der Waals surface area contributed by atoms with Crippen LogP contribution in [-0.4, -0.2) is 29.6 Å². The summed E-state index contributed by atoms with van der Waals surface area (Å²) in [6.07, 6.45) is 8.95. The van der Waals surface area contributed by atoms with Gasteiger partial charge in [0.15, 0.2) is 0 Å². The number of hydrogen-bond acceptors (Lipinski definition) is 2. The Morgan fingerprint density at radius 3 is 2.69 bits per heavy atom. The Labute approximate surface area is 174 Å². The van der Waals surface area contributed by atoms with Gasteiger partial charge < -0.3 is 9.72 Å². The second kappa shape index (κ2) is 8.87. The van der Waals surface area contributed by atoms with Crippen molar-refractivity contribution < 1.29 is 4.74 Å². The van der Waals surface area contributed by atoms with Crippen molar-refractivity contribution in [2.24, 2.45) is 0 Å². The van der Waals surface area contributed by atoms with Gasteiger partial charge in [0.1, 0.15) is 5.75 Å². The average Bonchev–Trinajstić information content (AvgIpc) is 3.16. The number of fused-ring (bicyclic) bond motifs is 1. The fourth-order valence-corrected chi connectivity index (χ4v) is 4.28. The lowest BCUT2D eigenvalue weighted by Gasteiger charge is -2.33. The van der Waals surface area contributed by atoms with Gasteiger partial charge in [-0.05, 0) is 60.6 Å². The Balaban J connectivity index is 1.52. The van der Waals surface area contributed by atoms with Crippen molar-refractivity contribution in [3.05, 3.63) is 77.5 Å². The maximum Gasteiger partial charge on any atom is 0.120 e. The minimum absolute atomic E-state index is 0.403. The maximum absolute atomic E-state index is 5.74. The van der Waals surface area contributed by atoms with Crippen molar-refractivity contribution in [1.29, 1.82) is 0 Å². The zero-order valence-electron chi connectivity index (χ0n) is 17.8. The third kappa shape index (κ3) is 4.40. The van der Waals surface area contributed by atoms with E-state index in [0.29, 0.717) is 18.6 Å². The van der Waals surface area contributed by atoms with Crippen molar-refractivity contribution in [3.8, 4) is 5.75 Å². The van der Waals surface area contributed by atoms with E-state index in [1.807, 2.05) is 13.0 Å². The SMILES string of the molecule is CCOc1ccc2[nH]cc(C3CC=CCN3CCc3ccc(C(C)C)cc3)c2c1.